The highest BCUT2D eigenvalue weighted by Crippen LogP contribution is 2.35. The molecule has 1 saturated carbocycles. The molecule has 1 aliphatic heterocycles. The minimum atomic E-state index is -0.832. The van der Waals surface area contributed by atoms with E-state index in [1.807, 2.05) is 0 Å². The molecule has 5 nitrogen and oxygen atoms in total. The van der Waals surface area contributed by atoms with E-state index in [9.17, 15) is 9.59 Å². The smallest absolute Gasteiger partial charge is 0.305 e. The molecular formula is C12H20N2O3. The van der Waals surface area contributed by atoms with E-state index in [2.05, 4.69) is 10.6 Å². The summed E-state index contributed by atoms with van der Waals surface area (Å²) in [6, 6.07) is -0.130. The van der Waals surface area contributed by atoms with Crippen LogP contribution in [0.5, 0.6) is 0 Å². The molecule has 1 aliphatic carbocycles. The van der Waals surface area contributed by atoms with Crippen LogP contribution in [0, 0.1) is 0 Å². The van der Waals surface area contributed by atoms with Gasteiger partial charge in [0, 0.05) is 0 Å². The zero-order valence-corrected chi connectivity index (χ0v) is 10.00. The Morgan fingerprint density at radius 2 is 2.06 bits per heavy atom. The normalized spacial score (nSPS) is 26.9. The Labute approximate surface area is 101 Å². The molecule has 2 rings (SSSR count). The first-order chi connectivity index (χ1) is 8.11. The maximum atomic E-state index is 12.0. The summed E-state index contributed by atoms with van der Waals surface area (Å²) in [5.41, 5.74) is -0.470. The number of rotatable bonds is 4. The fourth-order valence-corrected chi connectivity index (χ4v) is 2.66. The maximum Gasteiger partial charge on any atom is 0.305 e. The Morgan fingerprint density at radius 3 is 2.53 bits per heavy atom. The number of hydrogen-bond donors (Lipinski definition) is 3. The molecular weight excluding hydrogens is 220 g/mol. The molecule has 0 aromatic heterocycles. The third-order valence-corrected chi connectivity index (χ3v) is 3.82. The van der Waals surface area contributed by atoms with Crippen LogP contribution in [0.3, 0.4) is 0 Å². The molecule has 5 heteroatoms. The van der Waals surface area contributed by atoms with E-state index in [-0.39, 0.29) is 18.4 Å². The van der Waals surface area contributed by atoms with Gasteiger partial charge < -0.3 is 15.7 Å². The van der Waals surface area contributed by atoms with E-state index in [1.54, 1.807) is 0 Å². The predicted octanol–water partition coefficient (Wildman–Crippen LogP) is 0.642. The number of carbonyl (C=O) groups excluding carboxylic acids is 1. The quantitative estimate of drug-likeness (QED) is 0.674. The van der Waals surface area contributed by atoms with Gasteiger partial charge in [0.2, 0.25) is 5.91 Å². The molecule has 1 heterocycles. The summed E-state index contributed by atoms with van der Waals surface area (Å²) in [5.74, 6) is -0.854. The van der Waals surface area contributed by atoms with Gasteiger partial charge in [0.1, 0.15) is 0 Å². The summed E-state index contributed by atoms with van der Waals surface area (Å²) in [6.45, 7) is 0.879. The van der Waals surface area contributed by atoms with Crippen molar-refractivity contribution >= 4 is 11.9 Å². The standard InChI is InChI=1S/C12H20N2O3/c15-10(16)8-12(5-3-6-12)14-11(17)9-4-1-2-7-13-9/h9,13H,1-8H2,(H,14,17)(H,15,16)/t9-/m1/s1. The molecule has 2 fully saturated rings. The molecule has 3 N–H and O–H groups in total. The van der Waals surface area contributed by atoms with Crippen molar-refractivity contribution in [2.24, 2.45) is 0 Å². The number of piperidine rings is 1. The summed E-state index contributed by atoms with van der Waals surface area (Å²) >= 11 is 0. The Bertz CT molecular complexity index is 307. The second-order valence-electron chi connectivity index (χ2n) is 5.20. The number of carboxylic acids is 1. The van der Waals surface area contributed by atoms with Crippen LogP contribution < -0.4 is 10.6 Å². The minimum absolute atomic E-state index is 0.0225. The van der Waals surface area contributed by atoms with Crippen LogP contribution in [0.15, 0.2) is 0 Å². The molecule has 1 amide bonds. The monoisotopic (exact) mass is 240 g/mol. The van der Waals surface area contributed by atoms with Crippen LogP contribution in [0.1, 0.15) is 44.9 Å². The molecule has 1 atom stereocenters. The first kappa shape index (κ1) is 12.4. The second-order valence-corrected chi connectivity index (χ2v) is 5.20. The average molecular weight is 240 g/mol. The lowest BCUT2D eigenvalue weighted by atomic mass is 9.74. The summed E-state index contributed by atoms with van der Waals surface area (Å²) in [6.07, 6.45) is 5.67. The third kappa shape index (κ3) is 2.97. The van der Waals surface area contributed by atoms with Gasteiger partial charge in [0.15, 0.2) is 0 Å². The van der Waals surface area contributed by atoms with Gasteiger partial charge in [-0.1, -0.05) is 6.42 Å². The van der Waals surface area contributed by atoms with Crippen LogP contribution >= 0.6 is 0 Å². The lowest BCUT2D eigenvalue weighted by Crippen LogP contribution is -2.59. The van der Waals surface area contributed by atoms with Gasteiger partial charge in [-0.05, 0) is 38.6 Å². The van der Waals surface area contributed by atoms with Gasteiger partial charge in [-0.3, -0.25) is 9.59 Å². The van der Waals surface area contributed by atoms with Gasteiger partial charge in [0.25, 0.3) is 0 Å². The Morgan fingerprint density at radius 1 is 1.29 bits per heavy atom. The van der Waals surface area contributed by atoms with Crippen LogP contribution in [0.25, 0.3) is 0 Å². The molecule has 0 bridgehead atoms. The van der Waals surface area contributed by atoms with E-state index in [1.165, 1.54) is 0 Å². The molecule has 96 valence electrons. The van der Waals surface area contributed by atoms with Crippen LogP contribution in [-0.2, 0) is 9.59 Å². The van der Waals surface area contributed by atoms with Gasteiger partial charge in [-0.2, -0.15) is 0 Å². The van der Waals surface area contributed by atoms with Crippen molar-refractivity contribution in [3.63, 3.8) is 0 Å². The van der Waals surface area contributed by atoms with Crippen molar-refractivity contribution in [2.75, 3.05) is 6.54 Å². The fourth-order valence-electron chi connectivity index (χ4n) is 2.66. The van der Waals surface area contributed by atoms with E-state index in [0.29, 0.717) is 0 Å². The van der Waals surface area contributed by atoms with Crippen molar-refractivity contribution in [2.45, 2.75) is 56.5 Å². The van der Waals surface area contributed by atoms with Crippen molar-refractivity contribution in [3.05, 3.63) is 0 Å². The van der Waals surface area contributed by atoms with Crippen LogP contribution in [0.2, 0.25) is 0 Å². The topological polar surface area (TPSA) is 78.4 Å². The van der Waals surface area contributed by atoms with Crippen molar-refractivity contribution in [1.29, 1.82) is 0 Å². The number of hydrogen-bond acceptors (Lipinski definition) is 3. The zero-order chi connectivity index (χ0) is 12.3. The highest BCUT2D eigenvalue weighted by atomic mass is 16.4. The maximum absolute atomic E-state index is 12.0. The van der Waals surface area contributed by atoms with Gasteiger partial charge in [-0.15, -0.1) is 0 Å². The summed E-state index contributed by atoms with van der Waals surface area (Å²) in [5, 5.41) is 15.0. The van der Waals surface area contributed by atoms with Crippen molar-refractivity contribution < 1.29 is 14.7 Å². The van der Waals surface area contributed by atoms with Crippen molar-refractivity contribution in [3.8, 4) is 0 Å². The lowest BCUT2D eigenvalue weighted by molar-refractivity contribution is -0.140. The number of amides is 1. The highest BCUT2D eigenvalue weighted by molar-refractivity contribution is 5.83. The Hall–Kier alpha value is -1.10. The highest BCUT2D eigenvalue weighted by Gasteiger charge is 2.41. The third-order valence-electron chi connectivity index (χ3n) is 3.82. The molecule has 0 unspecified atom stereocenters. The molecule has 0 aromatic carbocycles. The lowest BCUT2D eigenvalue weighted by Gasteiger charge is -2.42. The Balaban J connectivity index is 1.89. The molecule has 1 saturated heterocycles. The minimum Gasteiger partial charge on any atom is -0.481 e. The first-order valence-electron chi connectivity index (χ1n) is 6.39. The van der Waals surface area contributed by atoms with E-state index >= 15 is 0 Å². The number of aliphatic carboxylic acids is 1. The van der Waals surface area contributed by atoms with Crippen LogP contribution in [0.4, 0.5) is 0 Å². The summed E-state index contributed by atoms with van der Waals surface area (Å²) in [7, 11) is 0. The predicted molar refractivity (Wildman–Crippen MR) is 62.6 cm³/mol. The number of carboxylic acid groups (broad SMARTS) is 1. The number of carbonyl (C=O) groups is 2. The number of nitrogens with one attached hydrogen (secondary N) is 2. The molecule has 0 radical (unpaired) electrons. The summed E-state index contributed by atoms with van der Waals surface area (Å²) < 4.78 is 0. The Kier molecular flexibility index (Phi) is 3.66. The van der Waals surface area contributed by atoms with Gasteiger partial charge >= 0.3 is 5.97 Å². The van der Waals surface area contributed by atoms with Gasteiger partial charge in [-0.25, -0.2) is 0 Å². The SMILES string of the molecule is O=C(O)CC1(NC(=O)[C@H]2CCCCN2)CCC1. The van der Waals surface area contributed by atoms with Crippen LogP contribution in [-0.4, -0.2) is 35.1 Å². The largest absolute Gasteiger partial charge is 0.481 e. The van der Waals surface area contributed by atoms with Crippen molar-refractivity contribution in [1.82, 2.24) is 10.6 Å². The molecule has 0 spiro atoms. The second kappa shape index (κ2) is 5.04. The van der Waals surface area contributed by atoms with Gasteiger partial charge in [0.05, 0.1) is 18.0 Å². The molecule has 17 heavy (non-hydrogen) atoms. The average Bonchev–Trinajstić information content (AvgIpc) is 2.26. The summed E-state index contributed by atoms with van der Waals surface area (Å²) in [4.78, 5) is 22.8. The zero-order valence-electron chi connectivity index (χ0n) is 10.00. The van der Waals surface area contributed by atoms with E-state index in [4.69, 9.17) is 5.11 Å². The fraction of sp³-hybridized carbons (Fsp3) is 0.833. The van der Waals surface area contributed by atoms with E-state index < -0.39 is 11.5 Å². The molecule has 0 aromatic rings. The first-order valence-corrected chi connectivity index (χ1v) is 6.39. The van der Waals surface area contributed by atoms with E-state index in [0.717, 1.165) is 45.1 Å². The molecule has 2 aliphatic rings.